The molecular weight excluding hydrogens is 260 g/mol. The van der Waals surface area contributed by atoms with E-state index in [0.29, 0.717) is 12.7 Å². The van der Waals surface area contributed by atoms with Crippen LogP contribution in [0.25, 0.3) is 0 Å². The van der Waals surface area contributed by atoms with Crippen LogP contribution in [-0.2, 0) is 11.2 Å². The average molecular weight is 288 g/mol. The maximum absolute atomic E-state index is 5.85. The van der Waals surface area contributed by atoms with Gasteiger partial charge in [0.2, 0.25) is 0 Å². The van der Waals surface area contributed by atoms with Crippen molar-refractivity contribution >= 4 is 0 Å². The van der Waals surface area contributed by atoms with Crippen LogP contribution in [0.1, 0.15) is 51.0 Å². The predicted octanol–water partition coefficient (Wildman–Crippen LogP) is 4.92. The van der Waals surface area contributed by atoms with E-state index >= 15 is 0 Å². The quantitative estimate of drug-likeness (QED) is 0.327. The van der Waals surface area contributed by atoms with Crippen molar-refractivity contribution in [3.8, 4) is 5.75 Å². The summed E-state index contributed by atoms with van der Waals surface area (Å²) in [7, 11) is 0. The van der Waals surface area contributed by atoms with Crippen LogP contribution in [0, 0.1) is 0 Å². The second-order valence-electron chi connectivity index (χ2n) is 5.73. The number of para-hydroxylation sites is 1. The first kappa shape index (κ1) is 16.1. The lowest BCUT2D eigenvalue weighted by molar-refractivity contribution is 0.261. The molecule has 1 unspecified atom stereocenters. The highest BCUT2D eigenvalue weighted by atomic mass is 16.6. The highest BCUT2D eigenvalue weighted by Crippen LogP contribution is 2.22. The van der Waals surface area contributed by atoms with Crippen LogP contribution < -0.4 is 4.74 Å². The number of rotatable bonds is 11. The molecule has 1 aromatic carbocycles. The molecule has 116 valence electrons. The van der Waals surface area contributed by atoms with E-state index < -0.39 is 0 Å². The fourth-order valence-electron chi connectivity index (χ4n) is 2.35. The first-order chi connectivity index (χ1) is 10.4. The highest BCUT2D eigenvalue weighted by molar-refractivity contribution is 5.33. The molecule has 0 amide bonds. The van der Waals surface area contributed by atoms with Crippen LogP contribution in [0.2, 0.25) is 0 Å². The van der Waals surface area contributed by atoms with E-state index in [1.165, 1.54) is 44.1 Å². The molecule has 0 aromatic heterocycles. The van der Waals surface area contributed by atoms with Gasteiger partial charge in [-0.2, -0.15) is 0 Å². The first-order valence-electron chi connectivity index (χ1n) is 8.37. The Hall–Kier alpha value is -1.28. The summed E-state index contributed by atoms with van der Waals surface area (Å²) in [4.78, 5) is 0. The second-order valence-corrected chi connectivity index (χ2v) is 5.73. The molecule has 0 bridgehead atoms. The van der Waals surface area contributed by atoms with Crippen molar-refractivity contribution < 1.29 is 9.47 Å². The van der Waals surface area contributed by atoms with Crippen molar-refractivity contribution in [2.75, 3.05) is 13.2 Å². The number of unbranched alkanes of at least 4 members (excludes halogenated alkanes) is 4. The Kier molecular flexibility index (Phi) is 7.37. The minimum Gasteiger partial charge on any atom is -0.491 e. The molecule has 0 aliphatic carbocycles. The van der Waals surface area contributed by atoms with Crippen molar-refractivity contribution in [1.82, 2.24) is 0 Å². The molecule has 1 aliphatic heterocycles. The molecule has 0 N–H and O–H groups in total. The van der Waals surface area contributed by atoms with Crippen molar-refractivity contribution in [1.29, 1.82) is 0 Å². The van der Waals surface area contributed by atoms with Gasteiger partial charge in [0.15, 0.2) is 0 Å². The molecule has 1 aliphatic rings. The lowest BCUT2D eigenvalue weighted by Gasteiger charge is -2.10. The molecule has 1 saturated heterocycles. The fourth-order valence-corrected chi connectivity index (χ4v) is 2.35. The largest absolute Gasteiger partial charge is 0.491 e. The normalized spacial score (nSPS) is 17.3. The Bertz CT molecular complexity index is 421. The molecule has 0 saturated carbocycles. The molecule has 1 aromatic rings. The van der Waals surface area contributed by atoms with Crippen LogP contribution in [0.4, 0.5) is 0 Å². The topological polar surface area (TPSA) is 21.8 Å². The molecular formula is C19H28O2. The van der Waals surface area contributed by atoms with E-state index in [1.54, 1.807) is 0 Å². The molecule has 2 heteroatoms. The molecule has 0 spiro atoms. The summed E-state index contributed by atoms with van der Waals surface area (Å²) in [5.41, 5.74) is 1.33. The summed E-state index contributed by atoms with van der Waals surface area (Å²) in [6.07, 6.45) is 13.6. The summed E-state index contributed by atoms with van der Waals surface area (Å²) in [6.45, 7) is 3.77. The molecule has 2 nitrogen and oxygen atoms in total. The monoisotopic (exact) mass is 288 g/mol. The van der Waals surface area contributed by atoms with Gasteiger partial charge in [0.05, 0.1) is 6.61 Å². The Labute approximate surface area is 129 Å². The summed E-state index contributed by atoms with van der Waals surface area (Å²) in [5.74, 6) is 1.04. The van der Waals surface area contributed by atoms with Crippen molar-refractivity contribution in [2.24, 2.45) is 0 Å². The maximum Gasteiger partial charge on any atom is 0.122 e. The van der Waals surface area contributed by atoms with Gasteiger partial charge in [-0.25, -0.2) is 0 Å². The maximum atomic E-state index is 5.85. The minimum atomic E-state index is 0.327. The zero-order valence-electron chi connectivity index (χ0n) is 13.2. The number of epoxide rings is 1. The molecule has 0 radical (unpaired) electrons. The first-order valence-corrected chi connectivity index (χ1v) is 8.37. The number of aryl methyl sites for hydroxylation is 1. The van der Waals surface area contributed by atoms with E-state index in [1.807, 2.05) is 6.07 Å². The molecule has 21 heavy (non-hydrogen) atoms. The van der Waals surface area contributed by atoms with Gasteiger partial charge in [-0.05, 0) is 43.7 Å². The zero-order valence-corrected chi connectivity index (χ0v) is 13.2. The zero-order chi connectivity index (χ0) is 14.8. The van der Waals surface area contributed by atoms with Crippen LogP contribution >= 0.6 is 0 Å². The third-order valence-corrected chi connectivity index (χ3v) is 3.74. The van der Waals surface area contributed by atoms with Gasteiger partial charge in [-0.15, -0.1) is 0 Å². The number of ether oxygens (including phenoxy) is 2. The van der Waals surface area contributed by atoms with E-state index in [2.05, 4.69) is 37.3 Å². The molecule has 1 heterocycles. The summed E-state index contributed by atoms with van der Waals surface area (Å²) in [6, 6.07) is 8.41. The van der Waals surface area contributed by atoms with Crippen molar-refractivity contribution in [3.63, 3.8) is 0 Å². The third kappa shape index (κ3) is 6.81. The standard InChI is InChI=1S/C19H28O2/c1-2-3-4-5-6-7-8-9-12-17-13-10-11-14-19(17)21-16-18-15-20-18/h4-5,10-11,13-14,18H,2-3,6-9,12,15-16H2,1H3/b5-4+. The van der Waals surface area contributed by atoms with Gasteiger partial charge in [-0.3, -0.25) is 0 Å². The van der Waals surface area contributed by atoms with Gasteiger partial charge in [0.1, 0.15) is 18.5 Å². The summed E-state index contributed by atoms with van der Waals surface area (Å²) >= 11 is 0. The Morgan fingerprint density at radius 3 is 2.76 bits per heavy atom. The Balaban J connectivity index is 1.62. The third-order valence-electron chi connectivity index (χ3n) is 3.74. The number of hydrogen-bond acceptors (Lipinski definition) is 2. The lowest BCUT2D eigenvalue weighted by atomic mass is 10.0. The van der Waals surface area contributed by atoms with Gasteiger partial charge < -0.3 is 9.47 Å². The Morgan fingerprint density at radius 1 is 1.14 bits per heavy atom. The van der Waals surface area contributed by atoms with Crippen molar-refractivity contribution in [2.45, 2.75) is 58.0 Å². The second kappa shape index (κ2) is 9.62. The SMILES string of the molecule is CCC/C=C/CCCCCc1ccccc1OCC1CO1. The van der Waals surface area contributed by atoms with Crippen LogP contribution in [0.3, 0.4) is 0 Å². The summed E-state index contributed by atoms with van der Waals surface area (Å²) < 4.78 is 11.0. The highest BCUT2D eigenvalue weighted by Gasteiger charge is 2.23. The average Bonchev–Trinajstić information content (AvgIpc) is 3.33. The Morgan fingerprint density at radius 2 is 1.95 bits per heavy atom. The summed E-state index contributed by atoms with van der Waals surface area (Å²) in [5, 5.41) is 0. The predicted molar refractivity (Wildman–Crippen MR) is 87.9 cm³/mol. The van der Waals surface area contributed by atoms with Gasteiger partial charge >= 0.3 is 0 Å². The van der Waals surface area contributed by atoms with E-state index in [9.17, 15) is 0 Å². The lowest BCUT2D eigenvalue weighted by Crippen LogP contribution is -2.05. The van der Waals surface area contributed by atoms with Gasteiger partial charge in [-0.1, -0.05) is 50.1 Å². The van der Waals surface area contributed by atoms with E-state index in [-0.39, 0.29) is 0 Å². The smallest absolute Gasteiger partial charge is 0.122 e. The molecule has 2 rings (SSSR count). The minimum absolute atomic E-state index is 0.327. The van der Waals surface area contributed by atoms with E-state index in [0.717, 1.165) is 18.8 Å². The van der Waals surface area contributed by atoms with Crippen LogP contribution in [0.15, 0.2) is 36.4 Å². The fraction of sp³-hybridized carbons (Fsp3) is 0.579. The van der Waals surface area contributed by atoms with Crippen LogP contribution in [0.5, 0.6) is 5.75 Å². The van der Waals surface area contributed by atoms with Crippen molar-refractivity contribution in [3.05, 3.63) is 42.0 Å². The molecule has 1 fully saturated rings. The molecule has 1 atom stereocenters. The number of allylic oxidation sites excluding steroid dienone is 2. The van der Waals surface area contributed by atoms with Crippen LogP contribution in [-0.4, -0.2) is 19.3 Å². The number of hydrogen-bond donors (Lipinski definition) is 0. The van der Waals surface area contributed by atoms with E-state index in [4.69, 9.17) is 9.47 Å². The van der Waals surface area contributed by atoms with Gasteiger partial charge in [0.25, 0.3) is 0 Å². The van der Waals surface area contributed by atoms with Gasteiger partial charge in [0, 0.05) is 0 Å². The number of benzene rings is 1.